The Labute approximate surface area is 195 Å². The molecule has 0 spiro atoms. The number of rotatable bonds is 9. The molecule has 3 rings (SSSR count). The zero-order valence-electron chi connectivity index (χ0n) is 18.2. The van der Waals surface area contributed by atoms with Gasteiger partial charge in [0.05, 0.1) is 11.9 Å². The van der Waals surface area contributed by atoms with Crippen LogP contribution in [-0.2, 0) is 27.9 Å². The summed E-state index contributed by atoms with van der Waals surface area (Å²) in [6.45, 7) is 2.58. The summed E-state index contributed by atoms with van der Waals surface area (Å²) in [6, 6.07) is 25.0. The minimum Gasteiger partial charge on any atom is -0.332 e. The van der Waals surface area contributed by atoms with E-state index in [1.807, 2.05) is 67.6 Å². The first-order valence-electron chi connectivity index (χ1n) is 10.4. The Balaban J connectivity index is 1.99. The van der Waals surface area contributed by atoms with Gasteiger partial charge in [-0.3, -0.25) is 9.10 Å². The molecule has 5 nitrogen and oxygen atoms in total. The van der Waals surface area contributed by atoms with Crippen molar-refractivity contribution < 1.29 is 13.2 Å². The molecule has 3 aromatic rings. The molecule has 7 heteroatoms. The molecule has 1 amide bonds. The summed E-state index contributed by atoms with van der Waals surface area (Å²) in [6.07, 6.45) is 1.45. The third-order valence-corrected chi connectivity index (χ3v) is 6.57. The Morgan fingerprint density at radius 1 is 0.844 bits per heavy atom. The van der Waals surface area contributed by atoms with Gasteiger partial charge in [-0.2, -0.15) is 0 Å². The first kappa shape index (κ1) is 23.8. The summed E-state index contributed by atoms with van der Waals surface area (Å²) in [5, 5.41) is 0.497. The summed E-state index contributed by atoms with van der Waals surface area (Å²) < 4.78 is 26.8. The highest BCUT2D eigenvalue weighted by molar-refractivity contribution is 7.92. The first-order chi connectivity index (χ1) is 15.3. The van der Waals surface area contributed by atoms with E-state index in [4.69, 9.17) is 11.6 Å². The van der Waals surface area contributed by atoms with Crippen LogP contribution in [0.2, 0.25) is 5.02 Å². The molecule has 0 aliphatic heterocycles. The molecule has 0 unspecified atom stereocenters. The van der Waals surface area contributed by atoms with Gasteiger partial charge in [-0.15, -0.1) is 0 Å². The van der Waals surface area contributed by atoms with E-state index in [-0.39, 0.29) is 5.91 Å². The fourth-order valence-corrected chi connectivity index (χ4v) is 4.99. The molecular weight excluding hydrogens is 444 g/mol. The molecule has 0 aliphatic rings. The Bertz CT molecular complexity index is 1080. The Kier molecular flexibility index (Phi) is 7.94. The maximum Gasteiger partial charge on any atom is 0.247 e. The van der Waals surface area contributed by atoms with Gasteiger partial charge in [-0.1, -0.05) is 79.2 Å². The van der Waals surface area contributed by atoms with Gasteiger partial charge in [0.15, 0.2) is 0 Å². The fraction of sp³-hybridized carbons (Fsp3) is 0.240. The normalized spacial score (nSPS) is 12.2. The molecule has 3 aromatic carbocycles. The van der Waals surface area contributed by atoms with E-state index in [0.717, 1.165) is 17.4 Å². The lowest BCUT2D eigenvalue weighted by Crippen LogP contribution is -2.50. The van der Waals surface area contributed by atoms with Crippen LogP contribution in [0.4, 0.5) is 5.69 Å². The summed E-state index contributed by atoms with van der Waals surface area (Å²) in [4.78, 5) is 15.5. The lowest BCUT2D eigenvalue weighted by atomic mass is 10.1. The van der Waals surface area contributed by atoms with E-state index >= 15 is 0 Å². The van der Waals surface area contributed by atoms with Crippen LogP contribution in [0.5, 0.6) is 0 Å². The number of hydrogen-bond donors (Lipinski definition) is 0. The highest BCUT2D eigenvalue weighted by Crippen LogP contribution is 2.26. The molecule has 0 aliphatic carbocycles. The van der Waals surface area contributed by atoms with Gasteiger partial charge >= 0.3 is 0 Å². The van der Waals surface area contributed by atoms with Crippen LogP contribution < -0.4 is 4.31 Å². The second-order valence-electron chi connectivity index (χ2n) is 7.62. The number of benzene rings is 3. The maximum absolute atomic E-state index is 13.8. The average molecular weight is 471 g/mol. The number of halogens is 1. The number of nitrogens with zero attached hydrogens (tertiary/aromatic N) is 2. The van der Waals surface area contributed by atoms with Crippen molar-refractivity contribution in [1.29, 1.82) is 0 Å². The highest BCUT2D eigenvalue weighted by atomic mass is 35.5. The van der Waals surface area contributed by atoms with Gasteiger partial charge in [-0.25, -0.2) is 8.42 Å². The zero-order chi connectivity index (χ0) is 23.1. The summed E-state index contributed by atoms with van der Waals surface area (Å²) in [5.41, 5.74) is 2.37. The summed E-state index contributed by atoms with van der Waals surface area (Å²) >= 11 is 5.99. The molecule has 0 fully saturated rings. The van der Waals surface area contributed by atoms with Crippen molar-refractivity contribution in [3.63, 3.8) is 0 Å². The van der Waals surface area contributed by atoms with Gasteiger partial charge in [0.2, 0.25) is 15.9 Å². The zero-order valence-corrected chi connectivity index (χ0v) is 19.8. The number of carbonyl (C=O) groups excluding carboxylic acids is 1. The number of hydrogen-bond acceptors (Lipinski definition) is 3. The molecule has 0 heterocycles. The second-order valence-corrected chi connectivity index (χ2v) is 9.92. The van der Waals surface area contributed by atoms with Gasteiger partial charge < -0.3 is 4.90 Å². The molecule has 0 N–H and O–H groups in total. The van der Waals surface area contributed by atoms with E-state index in [1.165, 1.54) is 4.31 Å². The number of anilines is 1. The van der Waals surface area contributed by atoms with Crippen molar-refractivity contribution in [2.45, 2.75) is 32.5 Å². The lowest BCUT2D eigenvalue weighted by Gasteiger charge is -2.34. The molecule has 1 atom stereocenters. The maximum atomic E-state index is 13.8. The van der Waals surface area contributed by atoms with Crippen molar-refractivity contribution >= 4 is 33.2 Å². The van der Waals surface area contributed by atoms with Gasteiger partial charge in [-0.05, 0) is 41.8 Å². The van der Waals surface area contributed by atoms with E-state index in [0.29, 0.717) is 30.2 Å². The monoisotopic (exact) mass is 470 g/mol. The van der Waals surface area contributed by atoms with E-state index in [1.54, 1.807) is 29.2 Å². The van der Waals surface area contributed by atoms with E-state index < -0.39 is 16.1 Å². The molecule has 0 bridgehead atoms. The Morgan fingerprint density at radius 2 is 1.31 bits per heavy atom. The van der Waals surface area contributed by atoms with Crippen molar-refractivity contribution in [3.05, 3.63) is 101 Å². The average Bonchev–Trinajstić information content (AvgIpc) is 2.78. The van der Waals surface area contributed by atoms with Gasteiger partial charge in [0.1, 0.15) is 6.04 Å². The predicted octanol–water partition coefficient (Wildman–Crippen LogP) is 5.11. The van der Waals surface area contributed by atoms with Crippen LogP contribution in [0.15, 0.2) is 84.9 Å². The number of carbonyl (C=O) groups is 1. The van der Waals surface area contributed by atoms with Crippen LogP contribution in [-0.4, -0.2) is 31.5 Å². The number of amides is 1. The van der Waals surface area contributed by atoms with E-state index in [9.17, 15) is 13.2 Å². The summed E-state index contributed by atoms with van der Waals surface area (Å²) in [5.74, 6) is -0.249. The topological polar surface area (TPSA) is 57.7 Å². The van der Waals surface area contributed by atoms with Gasteiger partial charge in [0.25, 0.3) is 0 Å². The van der Waals surface area contributed by atoms with Crippen LogP contribution in [0.25, 0.3) is 0 Å². The molecule has 0 saturated heterocycles. The van der Waals surface area contributed by atoms with Crippen molar-refractivity contribution in [2.24, 2.45) is 0 Å². The van der Waals surface area contributed by atoms with Gasteiger partial charge in [0, 0.05) is 18.1 Å². The molecule has 0 radical (unpaired) electrons. The number of sulfonamides is 1. The van der Waals surface area contributed by atoms with Crippen molar-refractivity contribution in [3.8, 4) is 0 Å². The quantitative estimate of drug-likeness (QED) is 0.436. The minimum atomic E-state index is -3.72. The first-order valence-corrected chi connectivity index (χ1v) is 12.6. The van der Waals surface area contributed by atoms with Crippen LogP contribution in [0.3, 0.4) is 0 Å². The van der Waals surface area contributed by atoms with Crippen LogP contribution in [0.1, 0.15) is 24.5 Å². The molecular formula is C25H27ClN2O3S. The second kappa shape index (κ2) is 10.7. The molecule has 32 heavy (non-hydrogen) atoms. The molecule has 0 saturated carbocycles. The Morgan fingerprint density at radius 3 is 1.72 bits per heavy atom. The lowest BCUT2D eigenvalue weighted by molar-refractivity contribution is -0.133. The predicted molar refractivity (Wildman–Crippen MR) is 130 cm³/mol. The Hall–Kier alpha value is -2.83. The van der Waals surface area contributed by atoms with Crippen molar-refractivity contribution in [1.82, 2.24) is 4.90 Å². The third kappa shape index (κ3) is 6.11. The van der Waals surface area contributed by atoms with Crippen molar-refractivity contribution in [2.75, 3.05) is 10.6 Å². The van der Waals surface area contributed by atoms with Crippen LogP contribution in [0, 0.1) is 0 Å². The summed E-state index contributed by atoms with van der Waals surface area (Å²) in [7, 11) is -3.72. The van der Waals surface area contributed by atoms with Crippen LogP contribution >= 0.6 is 11.6 Å². The minimum absolute atomic E-state index is 0.249. The molecule has 0 aromatic heterocycles. The largest absolute Gasteiger partial charge is 0.332 e. The highest BCUT2D eigenvalue weighted by Gasteiger charge is 2.34. The smallest absolute Gasteiger partial charge is 0.247 e. The fourth-order valence-electron chi connectivity index (χ4n) is 3.66. The standard InChI is InChI=1S/C25H27ClN2O3S/c1-3-24(28(32(2,30)31)23-16-14-22(26)15-17-23)25(29)27(18-20-10-6-4-7-11-20)19-21-12-8-5-9-13-21/h4-17,24H,3,18-19H2,1-2H3/t24-/m1/s1. The molecule has 168 valence electrons. The SMILES string of the molecule is CC[C@H](C(=O)N(Cc1ccccc1)Cc1ccccc1)N(c1ccc(Cl)cc1)S(C)(=O)=O. The third-order valence-electron chi connectivity index (χ3n) is 5.14. The van der Waals surface area contributed by atoms with E-state index in [2.05, 4.69) is 0 Å².